The first-order valence-corrected chi connectivity index (χ1v) is 7.90. The van der Waals surface area contributed by atoms with Gasteiger partial charge in [0, 0.05) is 0 Å². The third kappa shape index (κ3) is 3.52. The third-order valence-electron chi connectivity index (χ3n) is 5.07. The fourth-order valence-electron chi connectivity index (χ4n) is 2.73. The molecule has 0 spiro atoms. The zero-order chi connectivity index (χ0) is 15.9. The van der Waals surface area contributed by atoms with Crippen molar-refractivity contribution in [3.05, 3.63) is 29.3 Å². The van der Waals surface area contributed by atoms with Crippen molar-refractivity contribution in [3.63, 3.8) is 0 Å². The minimum absolute atomic E-state index is 0.239. The molecule has 0 fully saturated rings. The van der Waals surface area contributed by atoms with Gasteiger partial charge in [-0.15, -0.1) is 0 Å². The molecule has 0 saturated carbocycles. The van der Waals surface area contributed by atoms with E-state index in [0.717, 1.165) is 5.46 Å². The van der Waals surface area contributed by atoms with Gasteiger partial charge in [-0.05, 0) is 63.5 Å². The first kappa shape index (κ1) is 16.6. The Morgan fingerprint density at radius 1 is 1.19 bits per heavy atom. The molecule has 3 heteroatoms. The van der Waals surface area contributed by atoms with E-state index in [4.69, 9.17) is 4.65 Å². The highest BCUT2D eigenvalue weighted by molar-refractivity contribution is 6.47. The molecule has 0 amide bonds. The van der Waals surface area contributed by atoms with Crippen molar-refractivity contribution in [2.24, 2.45) is 0 Å². The quantitative estimate of drug-likeness (QED) is 0.862. The Bertz CT molecular complexity index is 512. The molecule has 0 heterocycles. The van der Waals surface area contributed by atoms with E-state index in [1.54, 1.807) is 21.3 Å². The van der Waals surface area contributed by atoms with Gasteiger partial charge in [0.15, 0.2) is 0 Å². The van der Waals surface area contributed by atoms with Crippen molar-refractivity contribution < 1.29 is 9.76 Å². The van der Waals surface area contributed by atoms with Gasteiger partial charge in [-0.2, -0.15) is 0 Å². The summed E-state index contributed by atoms with van der Waals surface area (Å²) in [7, 11) is 1.78. The molecule has 0 aromatic heterocycles. The molecule has 0 unspecified atom stereocenters. The molecule has 1 aliphatic carbocycles. The van der Waals surface area contributed by atoms with Gasteiger partial charge < -0.3 is 9.76 Å². The molecule has 1 aliphatic rings. The maximum atomic E-state index is 10.2. The van der Waals surface area contributed by atoms with Crippen LogP contribution in [0.25, 0.3) is 0 Å². The summed E-state index contributed by atoms with van der Waals surface area (Å²) in [6.45, 7) is 12.0. The summed E-state index contributed by atoms with van der Waals surface area (Å²) in [6, 6.07) is 6.58. The highest BCUT2D eigenvalue weighted by Crippen LogP contribution is 2.36. The highest BCUT2D eigenvalue weighted by Gasteiger charge is 2.36. The Labute approximate surface area is 130 Å². The maximum absolute atomic E-state index is 10.2. The molecular weight excluding hydrogens is 259 g/mol. The number of fused-ring (bicyclic) bond motifs is 1. The van der Waals surface area contributed by atoms with Crippen molar-refractivity contribution in [1.82, 2.24) is 0 Å². The van der Waals surface area contributed by atoms with E-state index in [9.17, 15) is 5.11 Å². The first-order chi connectivity index (χ1) is 9.53. The maximum Gasteiger partial charge on any atom is 0.330 e. The van der Waals surface area contributed by atoms with Gasteiger partial charge in [0.25, 0.3) is 0 Å². The van der Waals surface area contributed by atoms with Crippen LogP contribution in [0.2, 0.25) is 0 Å². The van der Waals surface area contributed by atoms with E-state index in [1.165, 1.54) is 30.4 Å². The zero-order valence-corrected chi connectivity index (χ0v) is 14.3. The minimum atomic E-state index is -0.892. The third-order valence-corrected chi connectivity index (χ3v) is 5.07. The average molecular weight is 287 g/mol. The first-order valence-electron chi connectivity index (χ1n) is 7.90. The van der Waals surface area contributed by atoms with Crippen LogP contribution in [-0.2, 0) is 16.5 Å². The van der Waals surface area contributed by atoms with Crippen molar-refractivity contribution in [2.75, 3.05) is 0 Å². The van der Waals surface area contributed by atoms with Crippen molar-refractivity contribution >= 4 is 12.9 Å². The molecule has 0 atom stereocenters. The van der Waals surface area contributed by atoms with Gasteiger partial charge in [0.05, 0.1) is 11.2 Å². The van der Waals surface area contributed by atoms with E-state index in [0.29, 0.717) is 0 Å². The second-order valence-electron chi connectivity index (χ2n) is 7.96. The zero-order valence-electron chi connectivity index (χ0n) is 14.3. The molecule has 0 aliphatic heterocycles. The molecule has 21 heavy (non-hydrogen) atoms. The normalized spacial score (nSPS) is 18.2. The number of hydrogen-bond acceptors (Lipinski definition) is 2. The Kier molecular flexibility index (Phi) is 4.29. The Hall–Kier alpha value is -0.795. The standard InChI is InChI=1S/C18H28BO2/c1-16(2)11-7-8-13-9-10-14(12-15(13)16)19-21-18(5,6)17(3,4)20/h9-10,12,20H,7-8,11H2,1-6H3. The smallest absolute Gasteiger partial charge is 0.330 e. The number of hydrogen-bond donors (Lipinski definition) is 1. The van der Waals surface area contributed by atoms with Gasteiger partial charge >= 0.3 is 7.48 Å². The Balaban J connectivity index is 2.16. The average Bonchev–Trinajstić information content (AvgIpc) is 2.35. The molecule has 1 aromatic rings. The van der Waals surface area contributed by atoms with Gasteiger partial charge in [-0.3, -0.25) is 0 Å². The molecule has 2 nitrogen and oxygen atoms in total. The minimum Gasteiger partial charge on any atom is -0.427 e. The number of benzene rings is 1. The molecule has 0 bridgehead atoms. The molecule has 2 rings (SSSR count). The van der Waals surface area contributed by atoms with Crippen LogP contribution in [0.5, 0.6) is 0 Å². The monoisotopic (exact) mass is 287 g/mol. The van der Waals surface area contributed by atoms with E-state index in [2.05, 4.69) is 32.0 Å². The van der Waals surface area contributed by atoms with Crippen molar-refractivity contribution in [2.45, 2.75) is 77.4 Å². The number of rotatable bonds is 4. The lowest BCUT2D eigenvalue weighted by Crippen LogP contribution is -2.49. The van der Waals surface area contributed by atoms with Gasteiger partial charge in [0.2, 0.25) is 0 Å². The molecule has 1 aromatic carbocycles. The van der Waals surface area contributed by atoms with E-state index < -0.39 is 11.2 Å². The topological polar surface area (TPSA) is 29.5 Å². The fraction of sp³-hybridized carbons (Fsp3) is 0.667. The SMILES string of the molecule is CC1(C)CCCc2ccc([B]OC(C)(C)C(C)(C)O)cc21. The van der Waals surface area contributed by atoms with Gasteiger partial charge in [-0.25, -0.2) is 0 Å². The van der Waals surface area contributed by atoms with Gasteiger partial charge in [-0.1, -0.05) is 37.5 Å². The van der Waals surface area contributed by atoms with Crippen LogP contribution in [-0.4, -0.2) is 23.8 Å². The summed E-state index contributed by atoms with van der Waals surface area (Å²) < 4.78 is 5.86. The predicted octanol–water partition coefficient (Wildman–Crippen LogP) is 3.11. The second-order valence-corrected chi connectivity index (χ2v) is 7.96. The van der Waals surface area contributed by atoms with E-state index in [1.807, 2.05) is 13.8 Å². The van der Waals surface area contributed by atoms with E-state index >= 15 is 0 Å². The number of aryl methyl sites for hydroxylation is 1. The molecular formula is C18H28BO2. The molecule has 1 radical (unpaired) electrons. The lowest BCUT2D eigenvalue weighted by atomic mass is 9.70. The molecule has 115 valence electrons. The summed E-state index contributed by atoms with van der Waals surface area (Å²) in [5.41, 5.74) is 2.69. The Morgan fingerprint density at radius 3 is 2.48 bits per heavy atom. The van der Waals surface area contributed by atoms with Crippen LogP contribution in [0.15, 0.2) is 18.2 Å². The highest BCUT2D eigenvalue weighted by atomic mass is 16.5. The summed E-state index contributed by atoms with van der Waals surface area (Å²) in [5.74, 6) is 0. The summed E-state index contributed by atoms with van der Waals surface area (Å²) >= 11 is 0. The second kappa shape index (κ2) is 5.44. The number of aliphatic hydroxyl groups is 1. The van der Waals surface area contributed by atoms with Crippen molar-refractivity contribution in [3.8, 4) is 0 Å². The van der Waals surface area contributed by atoms with Crippen LogP contribution < -0.4 is 5.46 Å². The Morgan fingerprint density at radius 2 is 1.86 bits per heavy atom. The van der Waals surface area contributed by atoms with E-state index in [-0.39, 0.29) is 5.41 Å². The van der Waals surface area contributed by atoms with Crippen LogP contribution in [0.1, 0.15) is 65.5 Å². The lowest BCUT2D eigenvalue weighted by Gasteiger charge is -2.38. The summed E-state index contributed by atoms with van der Waals surface area (Å²) in [4.78, 5) is 0. The predicted molar refractivity (Wildman–Crippen MR) is 89.3 cm³/mol. The lowest BCUT2D eigenvalue weighted by molar-refractivity contribution is -0.0893. The van der Waals surface area contributed by atoms with Crippen LogP contribution in [0, 0.1) is 0 Å². The molecule has 1 N–H and O–H groups in total. The van der Waals surface area contributed by atoms with Crippen molar-refractivity contribution in [1.29, 1.82) is 0 Å². The largest absolute Gasteiger partial charge is 0.427 e. The van der Waals surface area contributed by atoms with Gasteiger partial charge in [0.1, 0.15) is 0 Å². The van der Waals surface area contributed by atoms with Crippen LogP contribution in [0.4, 0.5) is 0 Å². The molecule has 0 saturated heterocycles. The van der Waals surface area contributed by atoms with Crippen LogP contribution >= 0.6 is 0 Å². The fourth-order valence-corrected chi connectivity index (χ4v) is 2.73. The summed E-state index contributed by atoms with van der Waals surface area (Å²) in [5, 5.41) is 10.2. The summed E-state index contributed by atoms with van der Waals surface area (Å²) in [6.07, 6.45) is 3.68. The van der Waals surface area contributed by atoms with Crippen LogP contribution in [0.3, 0.4) is 0 Å².